The Balaban J connectivity index is 1.81. The molecule has 0 amide bonds. The van der Waals surface area contributed by atoms with Crippen LogP contribution in [-0.4, -0.2) is 20.5 Å². The number of imidazole rings is 1. The molecule has 0 bridgehead atoms. The monoisotopic (exact) mass is 291 g/mol. The average Bonchev–Trinajstić information content (AvgIpc) is 3.05. The van der Waals surface area contributed by atoms with Gasteiger partial charge in [-0.25, -0.2) is 4.98 Å². The van der Waals surface area contributed by atoms with Gasteiger partial charge in [-0.2, -0.15) is 0 Å². The second kappa shape index (κ2) is 4.25. The number of hydrogen-bond acceptors (Lipinski definition) is 2. The molecular formula is C19H21N3. The summed E-state index contributed by atoms with van der Waals surface area (Å²) in [7, 11) is 0. The number of rotatable bonds is 0. The summed E-state index contributed by atoms with van der Waals surface area (Å²) in [4.78, 5) is 7.37. The highest BCUT2D eigenvalue weighted by Crippen LogP contribution is 2.47. The van der Waals surface area contributed by atoms with Gasteiger partial charge in [0.25, 0.3) is 0 Å². The Hall–Kier alpha value is -2.03. The van der Waals surface area contributed by atoms with Gasteiger partial charge in [0, 0.05) is 18.2 Å². The van der Waals surface area contributed by atoms with E-state index in [2.05, 4.69) is 53.8 Å². The second-order valence-electron chi connectivity index (χ2n) is 6.94. The van der Waals surface area contributed by atoms with Crippen molar-refractivity contribution >= 4 is 22.9 Å². The Kier molecular flexibility index (Phi) is 2.42. The average molecular weight is 291 g/mol. The summed E-state index contributed by atoms with van der Waals surface area (Å²) < 4.78 is 2.40. The number of benzene rings is 1. The summed E-state index contributed by atoms with van der Waals surface area (Å²) in [5, 5.41) is 0. The van der Waals surface area contributed by atoms with E-state index < -0.39 is 0 Å². The SMILES string of the molecule is CC1=C2N(C=Cc3nc4cccc(C)c4n32)C2CCCCC12. The number of hydrogen-bond donors (Lipinski definition) is 0. The molecule has 1 aromatic heterocycles. The number of aryl methyl sites for hydroxylation is 1. The fourth-order valence-corrected chi connectivity index (χ4v) is 4.73. The molecule has 5 rings (SSSR count). The van der Waals surface area contributed by atoms with E-state index in [9.17, 15) is 0 Å². The highest BCUT2D eigenvalue weighted by atomic mass is 15.3. The van der Waals surface area contributed by atoms with Gasteiger partial charge in [0.2, 0.25) is 0 Å². The van der Waals surface area contributed by atoms with Crippen molar-refractivity contribution in [2.24, 2.45) is 5.92 Å². The standard InChI is InChI=1S/C19H21N3/c1-12-6-5-8-15-18(12)22-17(20-15)10-11-21-16-9-4-3-7-14(16)13(2)19(21)22/h5-6,8,10-11,14,16H,3-4,7,9H2,1-2H3. The first-order valence-electron chi connectivity index (χ1n) is 8.41. The van der Waals surface area contributed by atoms with Crippen molar-refractivity contribution in [2.45, 2.75) is 45.6 Å². The molecule has 3 heteroatoms. The van der Waals surface area contributed by atoms with Crippen molar-refractivity contribution in [1.82, 2.24) is 14.5 Å². The number of para-hydroxylation sites is 1. The predicted octanol–water partition coefficient (Wildman–Crippen LogP) is 4.39. The lowest BCUT2D eigenvalue weighted by Gasteiger charge is -2.34. The molecule has 0 radical (unpaired) electrons. The maximum Gasteiger partial charge on any atom is 0.141 e. The Bertz CT molecular complexity index is 840. The molecule has 22 heavy (non-hydrogen) atoms. The van der Waals surface area contributed by atoms with Crippen molar-refractivity contribution in [1.29, 1.82) is 0 Å². The summed E-state index contributed by atoms with van der Waals surface area (Å²) >= 11 is 0. The molecule has 3 heterocycles. The minimum absolute atomic E-state index is 0.662. The van der Waals surface area contributed by atoms with Crippen LogP contribution < -0.4 is 0 Å². The highest BCUT2D eigenvalue weighted by molar-refractivity contribution is 5.86. The largest absolute Gasteiger partial charge is 0.330 e. The fourth-order valence-electron chi connectivity index (χ4n) is 4.73. The molecule has 2 aliphatic heterocycles. The lowest BCUT2D eigenvalue weighted by molar-refractivity contribution is 0.249. The summed E-state index contributed by atoms with van der Waals surface area (Å²) in [6, 6.07) is 7.09. The summed E-state index contributed by atoms with van der Waals surface area (Å²) in [5.41, 5.74) is 5.25. The zero-order valence-corrected chi connectivity index (χ0v) is 13.2. The van der Waals surface area contributed by atoms with Crippen LogP contribution in [0.25, 0.3) is 22.9 Å². The molecule has 3 aliphatic rings. The lowest BCUT2D eigenvalue weighted by Crippen LogP contribution is -2.34. The lowest BCUT2D eigenvalue weighted by atomic mass is 9.82. The van der Waals surface area contributed by atoms with Crippen LogP contribution >= 0.6 is 0 Å². The van der Waals surface area contributed by atoms with Gasteiger partial charge in [-0.3, -0.25) is 4.57 Å². The van der Waals surface area contributed by atoms with Gasteiger partial charge < -0.3 is 4.90 Å². The maximum atomic E-state index is 4.84. The number of nitrogens with zero attached hydrogens (tertiary/aromatic N) is 3. The highest BCUT2D eigenvalue weighted by Gasteiger charge is 2.41. The Labute approximate surface area is 130 Å². The third-order valence-electron chi connectivity index (χ3n) is 5.74. The van der Waals surface area contributed by atoms with E-state index in [1.807, 2.05) is 0 Å². The molecule has 0 spiro atoms. The molecule has 2 unspecified atom stereocenters. The minimum Gasteiger partial charge on any atom is -0.330 e. The van der Waals surface area contributed by atoms with Gasteiger partial charge >= 0.3 is 0 Å². The first-order valence-corrected chi connectivity index (χ1v) is 8.41. The molecule has 0 N–H and O–H groups in total. The van der Waals surface area contributed by atoms with Gasteiger partial charge in [-0.05, 0) is 50.0 Å². The summed E-state index contributed by atoms with van der Waals surface area (Å²) in [5.74, 6) is 3.18. The molecule has 1 aliphatic carbocycles. The van der Waals surface area contributed by atoms with Crippen molar-refractivity contribution in [3.8, 4) is 0 Å². The molecule has 1 saturated carbocycles. The smallest absolute Gasteiger partial charge is 0.141 e. The van der Waals surface area contributed by atoms with Crippen molar-refractivity contribution in [3.63, 3.8) is 0 Å². The molecule has 112 valence electrons. The molecule has 2 aromatic rings. The van der Waals surface area contributed by atoms with E-state index in [0.29, 0.717) is 6.04 Å². The first-order chi connectivity index (χ1) is 10.8. The third kappa shape index (κ3) is 1.44. The second-order valence-corrected chi connectivity index (χ2v) is 6.94. The molecule has 0 saturated heterocycles. The Morgan fingerprint density at radius 2 is 2.00 bits per heavy atom. The van der Waals surface area contributed by atoms with Crippen LogP contribution in [0.15, 0.2) is 30.0 Å². The Morgan fingerprint density at radius 1 is 1.14 bits per heavy atom. The minimum atomic E-state index is 0.662. The van der Waals surface area contributed by atoms with Crippen molar-refractivity contribution in [3.05, 3.63) is 41.4 Å². The summed E-state index contributed by atoms with van der Waals surface area (Å²) in [6.45, 7) is 4.53. The quantitative estimate of drug-likeness (QED) is 0.717. The summed E-state index contributed by atoms with van der Waals surface area (Å²) in [6.07, 6.45) is 9.85. The van der Waals surface area contributed by atoms with Gasteiger partial charge in [0.05, 0.1) is 11.0 Å². The molecule has 3 nitrogen and oxygen atoms in total. The topological polar surface area (TPSA) is 21.1 Å². The van der Waals surface area contributed by atoms with Gasteiger partial charge in [0.1, 0.15) is 11.6 Å². The van der Waals surface area contributed by atoms with Gasteiger partial charge in [0.15, 0.2) is 0 Å². The van der Waals surface area contributed by atoms with Gasteiger partial charge in [-0.1, -0.05) is 25.0 Å². The van der Waals surface area contributed by atoms with Crippen LogP contribution in [-0.2, 0) is 0 Å². The van der Waals surface area contributed by atoms with E-state index in [0.717, 1.165) is 17.3 Å². The normalized spacial score (nSPS) is 26.4. The van der Waals surface area contributed by atoms with Crippen LogP contribution in [0.3, 0.4) is 0 Å². The zero-order valence-electron chi connectivity index (χ0n) is 13.2. The molecule has 1 aromatic carbocycles. The van der Waals surface area contributed by atoms with Gasteiger partial charge in [-0.15, -0.1) is 0 Å². The first kappa shape index (κ1) is 12.5. The fraction of sp³-hybridized carbons (Fsp3) is 0.421. The molecule has 1 fully saturated rings. The number of aromatic nitrogens is 2. The van der Waals surface area contributed by atoms with Crippen LogP contribution in [0.5, 0.6) is 0 Å². The van der Waals surface area contributed by atoms with Crippen LogP contribution in [0.2, 0.25) is 0 Å². The van der Waals surface area contributed by atoms with Crippen LogP contribution in [0.1, 0.15) is 44.0 Å². The molecule has 2 atom stereocenters. The van der Waals surface area contributed by atoms with Crippen molar-refractivity contribution < 1.29 is 0 Å². The Morgan fingerprint density at radius 3 is 2.91 bits per heavy atom. The number of fused-ring (bicyclic) bond motifs is 7. The zero-order chi connectivity index (χ0) is 14.8. The van der Waals surface area contributed by atoms with E-state index in [4.69, 9.17) is 4.98 Å². The van der Waals surface area contributed by atoms with Crippen LogP contribution in [0.4, 0.5) is 0 Å². The van der Waals surface area contributed by atoms with E-state index >= 15 is 0 Å². The van der Waals surface area contributed by atoms with Crippen molar-refractivity contribution in [2.75, 3.05) is 0 Å². The van der Waals surface area contributed by atoms with E-state index in [1.165, 1.54) is 42.6 Å². The third-order valence-corrected chi connectivity index (χ3v) is 5.74. The van der Waals surface area contributed by atoms with Crippen LogP contribution in [0, 0.1) is 12.8 Å². The predicted molar refractivity (Wildman–Crippen MR) is 90.0 cm³/mol. The van der Waals surface area contributed by atoms with E-state index in [1.54, 1.807) is 5.57 Å². The maximum absolute atomic E-state index is 4.84. The molecular weight excluding hydrogens is 270 g/mol. The van der Waals surface area contributed by atoms with E-state index in [-0.39, 0.29) is 0 Å².